The molecule has 0 spiro atoms. The average molecular weight is 477 g/mol. The maximum Gasteiger partial charge on any atom is 0.423 e. The Balaban J connectivity index is 2.98. The van der Waals surface area contributed by atoms with Gasteiger partial charge < -0.3 is 4.74 Å². The molecule has 0 aliphatic rings. The van der Waals surface area contributed by atoms with E-state index in [-0.39, 0.29) is 9.99 Å². The van der Waals surface area contributed by atoms with Gasteiger partial charge in [0.25, 0.3) is 0 Å². The maximum absolute atomic E-state index is 12.4. The summed E-state index contributed by atoms with van der Waals surface area (Å²) in [4.78, 5) is 0. The molecular weight excluding hydrogens is 469 g/mol. The molecule has 0 fully saturated rings. The van der Waals surface area contributed by atoms with Crippen molar-refractivity contribution in [3.63, 3.8) is 0 Å². The summed E-state index contributed by atoms with van der Waals surface area (Å²) in [6.07, 6.45) is -16.1. The number of alkyl halides is 7. The minimum atomic E-state index is -5.50. The van der Waals surface area contributed by atoms with Gasteiger partial charge in [-0.3, -0.25) is 0 Å². The van der Waals surface area contributed by atoms with Crippen molar-refractivity contribution in [1.29, 1.82) is 0 Å². The monoisotopic (exact) mass is 476 g/mol. The molecule has 9 heteroatoms. The van der Waals surface area contributed by atoms with Crippen LogP contribution in [0.4, 0.5) is 26.3 Å². The first-order valence-electron chi connectivity index (χ1n) is 5.16. The van der Waals surface area contributed by atoms with Gasteiger partial charge in [0.1, 0.15) is 0 Å². The van der Waals surface area contributed by atoms with Crippen molar-refractivity contribution in [2.24, 2.45) is 0 Å². The molecule has 1 atom stereocenters. The minimum absolute atomic E-state index is 0.0396. The lowest BCUT2D eigenvalue weighted by Gasteiger charge is -2.27. The Bertz CT molecular complexity index is 416. The van der Waals surface area contributed by atoms with Gasteiger partial charge in [-0.2, -0.15) is 26.3 Å². The van der Waals surface area contributed by atoms with Crippen LogP contribution in [0.2, 0.25) is 0 Å². The Morgan fingerprint density at radius 3 is 1.80 bits per heavy atom. The normalized spacial score (nSPS) is 14.7. The second kappa shape index (κ2) is 6.82. The lowest BCUT2D eigenvalue weighted by atomic mass is 10.1. The standard InChI is InChI=1S/C11H8BrF6IO/c12-7-3-1-6(2-4-7)8(5-19)20-9(10(13,14)15)11(16,17)18/h1-4,8-9H,5H2. The van der Waals surface area contributed by atoms with Crippen LogP contribution in [0.3, 0.4) is 0 Å². The van der Waals surface area contributed by atoms with E-state index < -0.39 is 24.6 Å². The van der Waals surface area contributed by atoms with Crippen molar-refractivity contribution in [2.45, 2.75) is 24.6 Å². The summed E-state index contributed by atoms with van der Waals surface area (Å²) >= 11 is 4.81. The Hall–Kier alpha value is -0.0300. The lowest BCUT2D eigenvalue weighted by molar-refractivity contribution is -0.330. The summed E-state index contributed by atoms with van der Waals surface area (Å²) in [5.74, 6) is 0. The maximum atomic E-state index is 12.4. The van der Waals surface area contributed by atoms with Gasteiger partial charge in [0.05, 0.1) is 6.10 Å². The van der Waals surface area contributed by atoms with E-state index in [0.717, 1.165) is 0 Å². The summed E-state index contributed by atoms with van der Waals surface area (Å²) in [7, 11) is 0. The van der Waals surface area contributed by atoms with Crippen LogP contribution in [-0.2, 0) is 4.74 Å². The fourth-order valence-corrected chi connectivity index (χ4v) is 2.37. The molecule has 1 rings (SSSR count). The first-order valence-corrected chi connectivity index (χ1v) is 7.48. The number of halogens is 8. The van der Waals surface area contributed by atoms with Crippen LogP contribution in [0.15, 0.2) is 28.7 Å². The minimum Gasteiger partial charge on any atom is -0.352 e. The van der Waals surface area contributed by atoms with E-state index in [9.17, 15) is 26.3 Å². The van der Waals surface area contributed by atoms with Crippen LogP contribution in [0.25, 0.3) is 0 Å². The Kier molecular flexibility index (Phi) is 6.14. The highest BCUT2D eigenvalue weighted by atomic mass is 127. The number of hydrogen-bond acceptors (Lipinski definition) is 1. The molecule has 1 aromatic rings. The van der Waals surface area contributed by atoms with Gasteiger partial charge in [-0.25, -0.2) is 0 Å². The molecule has 0 amide bonds. The predicted octanol–water partition coefficient (Wildman–Crippen LogP) is 5.44. The summed E-state index contributed by atoms with van der Waals surface area (Å²) in [6, 6.07) is 5.87. The zero-order chi connectivity index (χ0) is 15.6. The van der Waals surface area contributed by atoms with Crippen LogP contribution >= 0.6 is 38.5 Å². The van der Waals surface area contributed by atoms with Gasteiger partial charge in [0.15, 0.2) is 0 Å². The number of ether oxygens (including phenoxy) is 1. The van der Waals surface area contributed by atoms with Crippen molar-refractivity contribution < 1.29 is 31.1 Å². The molecule has 1 aromatic carbocycles. The summed E-state index contributed by atoms with van der Waals surface area (Å²) in [5, 5.41) is 0. The van der Waals surface area contributed by atoms with Crippen molar-refractivity contribution >= 4 is 38.5 Å². The first-order chi connectivity index (χ1) is 9.05. The molecule has 0 radical (unpaired) electrons. The molecule has 20 heavy (non-hydrogen) atoms. The smallest absolute Gasteiger partial charge is 0.352 e. The van der Waals surface area contributed by atoms with Crippen LogP contribution in [0, 0.1) is 0 Å². The van der Waals surface area contributed by atoms with E-state index in [1.165, 1.54) is 24.3 Å². The van der Waals surface area contributed by atoms with Crippen LogP contribution in [0.1, 0.15) is 11.7 Å². The van der Waals surface area contributed by atoms with Gasteiger partial charge in [0, 0.05) is 8.90 Å². The SMILES string of the molecule is FC(F)(F)C(OC(CI)c1ccc(Br)cc1)C(F)(F)F. The molecule has 0 saturated heterocycles. The molecule has 1 unspecified atom stereocenters. The topological polar surface area (TPSA) is 9.23 Å². The fourth-order valence-electron chi connectivity index (χ4n) is 1.39. The molecule has 0 aliphatic carbocycles. The molecule has 0 aliphatic heterocycles. The van der Waals surface area contributed by atoms with E-state index in [0.29, 0.717) is 4.47 Å². The quantitative estimate of drug-likeness (QED) is 0.319. The first kappa shape index (κ1) is 18.0. The van der Waals surface area contributed by atoms with Crippen LogP contribution in [-0.4, -0.2) is 22.9 Å². The van der Waals surface area contributed by atoms with Crippen molar-refractivity contribution in [1.82, 2.24) is 0 Å². The Morgan fingerprint density at radius 1 is 1.00 bits per heavy atom. The van der Waals surface area contributed by atoms with Gasteiger partial charge in [-0.1, -0.05) is 50.7 Å². The van der Waals surface area contributed by atoms with Crippen LogP contribution < -0.4 is 0 Å². The van der Waals surface area contributed by atoms with E-state index >= 15 is 0 Å². The highest BCUT2D eigenvalue weighted by Gasteiger charge is 2.58. The molecule has 0 bridgehead atoms. The third-order valence-corrected chi connectivity index (χ3v) is 3.61. The van der Waals surface area contributed by atoms with Gasteiger partial charge in [0.2, 0.25) is 6.10 Å². The highest BCUT2D eigenvalue weighted by molar-refractivity contribution is 14.1. The van der Waals surface area contributed by atoms with Gasteiger partial charge in [-0.15, -0.1) is 0 Å². The molecule has 0 N–H and O–H groups in total. The summed E-state index contributed by atoms with van der Waals surface area (Å²) in [5.41, 5.74) is 0.251. The molecule has 1 nitrogen and oxygen atoms in total. The third-order valence-electron chi connectivity index (χ3n) is 2.28. The number of benzene rings is 1. The molecular formula is C11H8BrF6IO. The third kappa shape index (κ3) is 5.06. The lowest BCUT2D eigenvalue weighted by Crippen LogP contribution is -2.45. The summed E-state index contributed by atoms with van der Waals surface area (Å²) < 4.78 is 79.5. The zero-order valence-electron chi connectivity index (χ0n) is 9.60. The second-order valence-electron chi connectivity index (χ2n) is 3.79. The largest absolute Gasteiger partial charge is 0.423 e. The van der Waals surface area contributed by atoms with Crippen molar-refractivity contribution in [2.75, 3.05) is 4.43 Å². The van der Waals surface area contributed by atoms with E-state index in [1.54, 1.807) is 22.6 Å². The Labute approximate surface area is 132 Å². The molecule has 0 aromatic heterocycles. The van der Waals surface area contributed by atoms with E-state index in [1.807, 2.05) is 0 Å². The fraction of sp³-hybridized carbons (Fsp3) is 0.455. The van der Waals surface area contributed by atoms with Crippen molar-refractivity contribution in [3.05, 3.63) is 34.3 Å². The van der Waals surface area contributed by atoms with Gasteiger partial charge >= 0.3 is 12.4 Å². The predicted molar refractivity (Wildman–Crippen MR) is 72.8 cm³/mol. The molecule has 0 heterocycles. The highest BCUT2D eigenvalue weighted by Crippen LogP contribution is 2.39. The second-order valence-corrected chi connectivity index (χ2v) is 5.59. The Morgan fingerprint density at radius 2 is 1.45 bits per heavy atom. The number of hydrogen-bond donors (Lipinski definition) is 0. The van der Waals surface area contributed by atoms with Crippen LogP contribution in [0.5, 0.6) is 0 Å². The molecule has 0 saturated carbocycles. The summed E-state index contributed by atoms with van der Waals surface area (Å²) in [6.45, 7) is 0. The van der Waals surface area contributed by atoms with Gasteiger partial charge in [-0.05, 0) is 17.7 Å². The van der Waals surface area contributed by atoms with E-state index in [2.05, 4.69) is 20.7 Å². The zero-order valence-corrected chi connectivity index (χ0v) is 13.3. The van der Waals surface area contributed by atoms with E-state index in [4.69, 9.17) is 0 Å². The molecule has 114 valence electrons. The average Bonchev–Trinajstić information content (AvgIpc) is 2.28. The number of rotatable bonds is 4. The van der Waals surface area contributed by atoms with Crippen molar-refractivity contribution in [3.8, 4) is 0 Å².